The molecule has 1 aliphatic carbocycles. The van der Waals surface area contributed by atoms with Gasteiger partial charge in [-0.1, -0.05) is 48.5 Å². The lowest BCUT2D eigenvalue weighted by molar-refractivity contribution is -0.137. The van der Waals surface area contributed by atoms with Gasteiger partial charge in [-0.05, 0) is 59.4 Å². The molecule has 0 atom stereocenters. The van der Waals surface area contributed by atoms with E-state index in [0.717, 1.165) is 36.1 Å². The third kappa shape index (κ3) is 6.10. The van der Waals surface area contributed by atoms with Crippen LogP contribution in [-0.4, -0.2) is 53.1 Å². The molecule has 0 saturated carbocycles. The fraction of sp³-hybridized carbons (Fsp3) is 0.375. The van der Waals surface area contributed by atoms with Gasteiger partial charge in [0.05, 0.1) is 12.1 Å². The molecule has 3 aromatic rings. The van der Waals surface area contributed by atoms with Crippen LogP contribution >= 0.6 is 0 Å². The van der Waals surface area contributed by atoms with E-state index in [0.29, 0.717) is 51.1 Å². The number of amides is 2. The van der Waals surface area contributed by atoms with E-state index in [9.17, 15) is 22.8 Å². The molecule has 0 unspecified atom stereocenters. The highest BCUT2D eigenvalue weighted by atomic mass is 19.4. The van der Waals surface area contributed by atoms with Gasteiger partial charge < -0.3 is 10.1 Å². The van der Waals surface area contributed by atoms with E-state index in [1.165, 1.54) is 23.3 Å². The molecule has 0 radical (unpaired) electrons. The Morgan fingerprint density at radius 1 is 0.878 bits per heavy atom. The Balaban J connectivity index is 0.986. The number of nitrogens with zero attached hydrogens (tertiary/aromatic N) is 2. The molecule has 2 aliphatic heterocycles. The number of carbonyl (C=O) groups excluding carboxylic acids is 2. The number of rotatable bonds is 6. The lowest BCUT2D eigenvalue weighted by Crippen LogP contribution is -2.46. The molecule has 2 saturated heterocycles. The molecule has 2 amide bonds. The quantitative estimate of drug-likeness (QED) is 0.425. The molecule has 1 N–H and O–H groups in total. The van der Waals surface area contributed by atoms with Crippen LogP contribution in [0.1, 0.15) is 51.0 Å². The number of alkyl halides is 3. The number of piperidine rings is 1. The maximum absolute atomic E-state index is 12.8. The third-order valence-corrected chi connectivity index (χ3v) is 8.47. The summed E-state index contributed by atoms with van der Waals surface area (Å²) in [4.78, 5) is 29.4. The van der Waals surface area contributed by atoms with Crippen molar-refractivity contribution in [3.8, 4) is 0 Å². The number of halogens is 3. The van der Waals surface area contributed by atoms with Crippen molar-refractivity contribution in [3.05, 3.63) is 106 Å². The molecule has 6 nitrogen and oxygen atoms in total. The lowest BCUT2D eigenvalue weighted by Gasteiger charge is -2.37. The molecule has 3 aliphatic rings. The normalized spacial score (nSPS) is 18.9. The average molecular weight is 564 g/mol. The van der Waals surface area contributed by atoms with E-state index in [2.05, 4.69) is 22.3 Å². The van der Waals surface area contributed by atoms with Crippen LogP contribution in [0.15, 0.2) is 72.8 Å². The van der Waals surface area contributed by atoms with Crippen LogP contribution in [0.25, 0.3) is 0 Å². The lowest BCUT2D eigenvalue weighted by atomic mass is 9.91. The number of hydrogen-bond donors (Lipinski definition) is 1. The van der Waals surface area contributed by atoms with Crippen molar-refractivity contribution in [3.63, 3.8) is 0 Å². The van der Waals surface area contributed by atoms with Crippen LogP contribution in [-0.2, 0) is 36.8 Å². The summed E-state index contributed by atoms with van der Waals surface area (Å²) in [5.41, 5.74) is 3.71. The van der Waals surface area contributed by atoms with Gasteiger partial charge in [0.25, 0.3) is 5.91 Å². The van der Waals surface area contributed by atoms with Crippen LogP contribution in [0.2, 0.25) is 0 Å². The summed E-state index contributed by atoms with van der Waals surface area (Å²) in [5, 5.41) is 3.14. The van der Waals surface area contributed by atoms with Gasteiger partial charge in [-0.3, -0.25) is 14.6 Å². The summed E-state index contributed by atoms with van der Waals surface area (Å²) in [5.74, 6) is -0.100. The Hall–Kier alpha value is -3.85. The van der Waals surface area contributed by atoms with Gasteiger partial charge >= 0.3 is 12.3 Å². The van der Waals surface area contributed by atoms with Crippen molar-refractivity contribution < 1.29 is 27.5 Å². The second-order valence-electron chi connectivity index (χ2n) is 11.4. The summed E-state index contributed by atoms with van der Waals surface area (Å²) in [7, 11) is 0. The highest BCUT2D eigenvalue weighted by molar-refractivity contribution is 5.94. The average Bonchev–Trinajstić information content (AvgIpc) is 3.49. The van der Waals surface area contributed by atoms with Crippen LogP contribution in [0, 0.1) is 0 Å². The van der Waals surface area contributed by atoms with Crippen LogP contribution in [0.3, 0.4) is 0 Å². The summed E-state index contributed by atoms with van der Waals surface area (Å²) in [6, 6.07) is 21.0. The zero-order valence-corrected chi connectivity index (χ0v) is 22.6. The number of hydrogen-bond acceptors (Lipinski definition) is 4. The first-order valence-electron chi connectivity index (χ1n) is 14.0. The minimum atomic E-state index is -4.34. The fourth-order valence-corrected chi connectivity index (χ4v) is 6.16. The van der Waals surface area contributed by atoms with E-state index >= 15 is 0 Å². The van der Waals surface area contributed by atoms with Gasteiger partial charge in [0.1, 0.15) is 5.60 Å². The number of nitrogens with one attached hydrogen (secondary N) is 1. The SMILES string of the molecule is O=C(NC1Cc2ccccc2C1)c1ccc(CN2CC3(CCN(Cc4ccc(C(F)(F)F)cc4)CC3)OC2=O)cc1. The Kier molecular flexibility index (Phi) is 7.23. The van der Waals surface area contributed by atoms with Crippen molar-refractivity contribution in [2.45, 2.75) is 56.6 Å². The zero-order valence-electron chi connectivity index (χ0n) is 22.6. The van der Waals surface area contributed by atoms with Gasteiger partial charge in [0, 0.05) is 50.6 Å². The predicted molar refractivity (Wildman–Crippen MR) is 147 cm³/mol. The molecule has 214 valence electrons. The minimum absolute atomic E-state index is 0.0940. The number of benzene rings is 3. The van der Waals surface area contributed by atoms with Crippen molar-refractivity contribution in [2.75, 3.05) is 19.6 Å². The topological polar surface area (TPSA) is 61.9 Å². The Morgan fingerprint density at radius 3 is 2.07 bits per heavy atom. The first-order chi connectivity index (χ1) is 19.7. The molecule has 0 bridgehead atoms. The Labute approximate surface area is 237 Å². The summed E-state index contributed by atoms with van der Waals surface area (Å²) >= 11 is 0. The Morgan fingerprint density at radius 2 is 1.46 bits per heavy atom. The molecular formula is C32H32F3N3O3. The molecule has 41 heavy (non-hydrogen) atoms. The summed E-state index contributed by atoms with van der Waals surface area (Å²) in [6.45, 7) is 2.83. The molecule has 2 fully saturated rings. The molecule has 2 heterocycles. The number of carbonyl (C=O) groups is 2. The molecule has 0 aromatic heterocycles. The van der Waals surface area contributed by atoms with E-state index in [-0.39, 0.29) is 18.0 Å². The molecule has 6 rings (SSSR count). The minimum Gasteiger partial charge on any atom is -0.441 e. The second-order valence-corrected chi connectivity index (χ2v) is 11.4. The predicted octanol–water partition coefficient (Wildman–Crippen LogP) is 5.59. The maximum atomic E-state index is 12.8. The van der Waals surface area contributed by atoms with Gasteiger partial charge in [-0.15, -0.1) is 0 Å². The van der Waals surface area contributed by atoms with Crippen molar-refractivity contribution in [1.82, 2.24) is 15.1 Å². The molecule has 3 aromatic carbocycles. The van der Waals surface area contributed by atoms with Gasteiger partial charge in [-0.25, -0.2) is 4.79 Å². The van der Waals surface area contributed by atoms with Crippen molar-refractivity contribution in [2.24, 2.45) is 0 Å². The van der Waals surface area contributed by atoms with Crippen LogP contribution < -0.4 is 5.32 Å². The zero-order chi connectivity index (χ0) is 28.6. The van der Waals surface area contributed by atoms with Crippen molar-refractivity contribution in [1.29, 1.82) is 0 Å². The van der Waals surface area contributed by atoms with Crippen molar-refractivity contribution >= 4 is 12.0 Å². The van der Waals surface area contributed by atoms with Gasteiger partial charge in [0.2, 0.25) is 0 Å². The number of likely N-dealkylation sites (tertiary alicyclic amines) is 1. The number of fused-ring (bicyclic) bond motifs is 1. The molecule has 1 spiro atoms. The van der Waals surface area contributed by atoms with Gasteiger partial charge in [0.15, 0.2) is 0 Å². The smallest absolute Gasteiger partial charge is 0.416 e. The largest absolute Gasteiger partial charge is 0.441 e. The van der Waals surface area contributed by atoms with E-state index < -0.39 is 17.3 Å². The molecular weight excluding hydrogens is 531 g/mol. The number of ether oxygens (including phenoxy) is 1. The van der Waals surface area contributed by atoms with Gasteiger partial charge in [-0.2, -0.15) is 13.2 Å². The Bertz CT molecular complexity index is 1390. The fourth-order valence-electron chi connectivity index (χ4n) is 6.16. The van der Waals surface area contributed by atoms with E-state index in [1.54, 1.807) is 17.0 Å². The van der Waals surface area contributed by atoms with Crippen LogP contribution in [0.5, 0.6) is 0 Å². The summed E-state index contributed by atoms with van der Waals surface area (Å²) < 4.78 is 44.4. The van der Waals surface area contributed by atoms with Crippen LogP contribution in [0.4, 0.5) is 18.0 Å². The van der Waals surface area contributed by atoms with E-state index in [4.69, 9.17) is 4.74 Å². The van der Waals surface area contributed by atoms with E-state index in [1.807, 2.05) is 24.3 Å². The maximum Gasteiger partial charge on any atom is 0.416 e. The standard InChI is InChI=1S/C32H32F3N3O3/c33-32(34,35)27-11-7-22(8-12-27)19-37-15-13-31(14-16-37)21-38(30(40)41-31)20-23-5-9-24(10-6-23)29(39)36-28-17-25-3-1-2-4-26(25)18-28/h1-12,28H,13-21H2,(H,36,39). The first-order valence-corrected chi connectivity index (χ1v) is 14.0. The molecule has 9 heteroatoms. The highest BCUT2D eigenvalue weighted by Gasteiger charge is 2.46. The monoisotopic (exact) mass is 563 g/mol. The summed E-state index contributed by atoms with van der Waals surface area (Å²) in [6.07, 6.45) is -1.67. The second kappa shape index (κ2) is 10.9. The highest BCUT2D eigenvalue weighted by Crippen LogP contribution is 2.35. The third-order valence-electron chi connectivity index (χ3n) is 8.47. The first kappa shape index (κ1) is 27.3.